The lowest BCUT2D eigenvalue weighted by molar-refractivity contribution is -0.113. The van der Waals surface area contributed by atoms with Crippen LogP contribution in [0.5, 0.6) is 0 Å². The number of carbonyl (C=O) groups excluding carboxylic acids is 1. The summed E-state index contributed by atoms with van der Waals surface area (Å²) in [6, 6.07) is 21.1. The molecule has 0 N–H and O–H groups in total. The van der Waals surface area contributed by atoms with E-state index in [-0.39, 0.29) is 29.3 Å². The molecule has 0 aliphatic carbocycles. The Hall–Kier alpha value is -1.79. The first-order chi connectivity index (χ1) is 13.5. The van der Waals surface area contributed by atoms with Gasteiger partial charge < -0.3 is 18.7 Å². The highest BCUT2D eigenvalue weighted by molar-refractivity contribution is 6.99. The Labute approximate surface area is 167 Å². The first kappa shape index (κ1) is 19.5. The number of carbonyl (C=O) groups is 1. The van der Waals surface area contributed by atoms with Crippen LogP contribution < -0.4 is 10.4 Å². The molecule has 2 aromatic carbocycles. The molecule has 4 rings (SSSR count). The van der Waals surface area contributed by atoms with Gasteiger partial charge in [0.2, 0.25) is 0 Å². The third kappa shape index (κ3) is 3.16. The molecule has 5 heteroatoms. The van der Waals surface area contributed by atoms with Gasteiger partial charge in [0.05, 0.1) is 31.3 Å². The average molecular weight is 397 g/mol. The Morgan fingerprint density at radius 1 is 0.893 bits per heavy atom. The summed E-state index contributed by atoms with van der Waals surface area (Å²) in [5, 5.41) is 2.38. The summed E-state index contributed by atoms with van der Waals surface area (Å²) in [5.41, 5.74) is 0. The number of hydrogen-bond donors (Lipinski definition) is 0. The van der Waals surface area contributed by atoms with Crippen molar-refractivity contribution < 1.29 is 18.7 Å². The van der Waals surface area contributed by atoms with Crippen molar-refractivity contribution >= 4 is 25.0 Å². The smallest absolute Gasteiger partial charge is 0.261 e. The molecule has 0 saturated carbocycles. The highest BCUT2D eigenvalue weighted by Crippen LogP contribution is 2.40. The minimum Gasteiger partial charge on any atom is -0.399 e. The van der Waals surface area contributed by atoms with E-state index in [0.29, 0.717) is 13.2 Å². The predicted octanol–water partition coefficient (Wildman–Crippen LogP) is 2.54. The van der Waals surface area contributed by atoms with Crippen LogP contribution in [0, 0.1) is 5.92 Å². The molecule has 2 aliphatic heterocycles. The molecule has 4 nitrogen and oxygen atoms in total. The van der Waals surface area contributed by atoms with Gasteiger partial charge in [-0.15, -0.1) is 0 Å². The molecule has 148 valence electrons. The number of ether oxygens (including phenoxy) is 2. The minimum atomic E-state index is -2.65. The third-order valence-corrected chi connectivity index (χ3v) is 11.0. The van der Waals surface area contributed by atoms with Crippen molar-refractivity contribution in [2.24, 2.45) is 5.92 Å². The van der Waals surface area contributed by atoms with Gasteiger partial charge in [-0.25, -0.2) is 0 Å². The highest BCUT2D eigenvalue weighted by Gasteiger charge is 2.56. The molecule has 2 fully saturated rings. The van der Waals surface area contributed by atoms with E-state index in [1.807, 2.05) is 12.1 Å². The summed E-state index contributed by atoms with van der Waals surface area (Å²) in [7, 11) is -2.65. The quantitative estimate of drug-likeness (QED) is 0.576. The fourth-order valence-electron chi connectivity index (χ4n) is 4.63. The Balaban J connectivity index is 1.79. The summed E-state index contributed by atoms with van der Waals surface area (Å²) in [6.45, 7) is 7.66. The van der Waals surface area contributed by atoms with E-state index in [9.17, 15) is 4.79 Å². The van der Waals surface area contributed by atoms with Crippen LogP contribution in [0.3, 0.4) is 0 Å². The summed E-state index contributed by atoms with van der Waals surface area (Å²) < 4.78 is 19.0. The zero-order valence-corrected chi connectivity index (χ0v) is 17.7. The maximum Gasteiger partial charge on any atom is 0.261 e. The van der Waals surface area contributed by atoms with E-state index in [4.69, 9.17) is 13.9 Å². The summed E-state index contributed by atoms with van der Waals surface area (Å²) in [4.78, 5) is 11.4. The number of fused-ring (bicyclic) bond motifs is 1. The summed E-state index contributed by atoms with van der Waals surface area (Å²) in [6.07, 6.45) is 0.398. The van der Waals surface area contributed by atoms with Crippen LogP contribution in [0.2, 0.25) is 5.04 Å². The van der Waals surface area contributed by atoms with Crippen LogP contribution in [-0.4, -0.2) is 46.1 Å². The zero-order chi connectivity index (χ0) is 19.8. The number of aldehydes is 1. The Bertz CT molecular complexity index is 763. The van der Waals surface area contributed by atoms with Crippen molar-refractivity contribution in [1.29, 1.82) is 0 Å². The maximum absolute atomic E-state index is 11.4. The Kier molecular flexibility index (Phi) is 5.27. The van der Waals surface area contributed by atoms with Gasteiger partial charge in [-0.3, -0.25) is 0 Å². The molecule has 2 saturated heterocycles. The van der Waals surface area contributed by atoms with Gasteiger partial charge in [-0.05, 0) is 15.4 Å². The monoisotopic (exact) mass is 396 g/mol. The van der Waals surface area contributed by atoms with Crippen LogP contribution in [0.1, 0.15) is 20.8 Å². The van der Waals surface area contributed by atoms with Gasteiger partial charge in [-0.1, -0.05) is 81.4 Å². The van der Waals surface area contributed by atoms with E-state index in [1.54, 1.807) is 0 Å². The Morgan fingerprint density at radius 2 is 1.43 bits per heavy atom. The number of hydrogen-bond acceptors (Lipinski definition) is 4. The second-order valence-corrected chi connectivity index (χ2v) is 13.0. The fraction of sp³-hybridized carbons (Fsp3) is 0.435. The minimum absolute atomic E-state index is 0.101. The fourth-order valence-corrected chi connectivity index (χ4v) is 9.30. The molecule has 0 amide bonds. The molecule has 2 aliphatic rings. The van der Waals surface area contributed by atoms with E-state index >= 15 is 0 Å². The van der Waals surface area contributed by atoms with Gasteiger partial charge >= 0.3 is 0 Å². The molecular weight excluding hydrogens is 368 g/mol. The van der Waals surface area contributed by atoms with Crippen LogP contribution in [0.4, 0.5) is 0 Å². The lowest BCUT2D eigenvalue weighted by Crippen LogP contribution is -2.68. The summed E-state index contributed by atoms with van der Waals surface area (Å²) in [5.74, 6) is -0.197. The van der Waals surface area contributed by atoms with Crippen molar-refractivity contribution in [2.75, 3.05) is 13.2 Å². The molecule has 4 atom stereocenters. The SMILES string of the molecule is CC(C)(C)[Si](O[C@@H]1CO[C@@H]2[C@H]1OC[C@H]2C=O)(c1ccccc1)c1ccccc1. The van der Waals surface area contributed by atoms with Crippen LogP contribution in [0.15, 0.2) is 60.7 Å². The zero-order valence-electron chi connectivity index (χ0n) is 16.7. The standard InChI is InChI=1S/C23H28O4Si/c1-23(2,3)28(18-10-6-4-7-11-18,19-12-8-5-9-13-19)27-20-16-26-21-17(14-24)15-25-22(20)21/h4-14,17,20-22H,15-16H2,1-3H3/t17-,20-,21+,22+/m1/s1. The van der Waals surface area contributed by atoms with E-state index < -0.39 is 8.32 Å². The summed E-state index contributed by atoms with van der Waals surface area (Å²) >= 11 is 0. The van der Waals surface area contributed by atoms with Crippen molar-refractivity contribution in [2.45, 2.75) is 44.1 Å². The van der Waals surface area contributed by atoms with Gasteiger partial charge in [-0.2, -0.15) is 0 Å². The molecule has 2 aromatic rings. The average Bonchev–Trinajstić information content (AvgIpc) is 3.28. The van der Waals surface area contributed by atoms with E-state index in [0.717, 1.165) is 6.29 Å². The van der Waals surface area contributed by atoms with Crippen LogP contribution >= 0.6 is 0 Å². The van der Waals surface area contributed by atoms with Gasteiger partial charge in [0.15, 0.2) is 0 Å². The molecule has 0 unspecified atom stereocenters. The molecule has 0 aromatic heterocycles. The van der Waals surface area contributed by atoms with Crippen molar-refractivity contribution in [3.63, 3.8) is 0 Å². The van der Waals surface area contributed by atoms with Crippen LogP contribution in [-0.2, 0) is 18.7 Å². The lowest BCUT2D eigenvalue weighted by atomic mass is 10.0. The first-order valence-electron chi connectivity index (χ1n) is 9.95. The molecule has 0 spiro atoms. The highest BCUT2D eigenvalue weighted by atomic mass is 28.4. The number of benzene rings is 2. The van der Waals surface area contributed by atoms with Crippen LogP contribution in [0.25, 0.3) is 0 Å². The molecular formula is C23H28O4Si. The normalized spacial score (nSPS) is 27.5. The second-order valence-electron chi connectivity index (χ2n) is 8.72. The Morgan fingerprint density at radius 3 is 1.93 bits per heavy atom. The second kappa shape index (κ2) is 7.56. The molecule has 0 radical (unpaired) electrons. The van der Waals surface area contributed by atoms with Crippen molar-refractivity contribution in [3.05, 3.63) is 60.7 Å². The lowest BCUT2D eigenvalue weighted by Gasteiger charge is -2.45. The van der Waals surface area contributed by atoms with Gasteiger partial charge in [0.1, 0.15) is 12.4 Å². The predicted molar refractivity (Wildman–Crippen MR) is 112 cm³/mol. The van der Waals surface area contributed by atoms with E-state index in [1.165, 1.54) is 10.4 Å². The largest absolute Gasteiger partial charge is 0.399 e. The van der Waals surface area contributed by atoms with Crippen molar-refractivity contribution in [3.8, 4) is 0 Å². The number of rotatable bonds is 5. The van der Waals surface area contributed by atoms with Gasteiger partial charge in [0, 0.05) is 0 Å². The van der Waals surface area contributed by atoms with Gasteiger partial charge in [0.25, 0.3) is 8.32 Å². The first-order valence-corrected chi connectivity index (χ1v) is 11.9. The van der Waals surface area contributed by atoms with Crippen molar-refractivity contribution in [1.82, 2.24) is 0 Å². The maximum atomic E-state index is 11.4. The molecule has 0 bridgehead atoms. The molecule has 28 heavy (non-hydrogen) atoms. The molecule has 2 heterocycles. The third-order valence-electron chi connectivity index (χ3n) is 5.97. The topological polar surface area (TPSA) is 44.8 Å². The van der Waals surface area contributed by atoms with E-state index in [2.05, 4.69) is 69.3 Å².